The van der Waals surface area contributed by atoms with Gasteiger partial charge < -0.3 is 10.2 Å². The van der Waals surface area contributed by atoms with Gasteiger partial charge >= 0.3 is 0 Å². The van der Waals surface area contributed by atoms with Crippen LogP contribution in [0.2, 0.25) is 0 Å². The number of amides is 2. The van der Waals surface area contributed by atoms with Crippen LogP contribution < -0.4 is 5.32 Å². The van der Waals surface area contributed by atoms with E-state index < -0.39 is 17.9 Å². The lowest BCUT2D eigenvalue weighted by Crippen LogP contribution is -2.32. The van der Waals surface area contributed by atoms with E-state index in [0.717, 1.165) is 11.8 Å². The summed E-state index contributed by atoms with van der Waals surface area (Å²) >= 11 is 1.16. The quantitative estimate of drug-likeness (QED) is 0.678. The fourth-order valence-corrected chi connectivity index (χ4v) is 1.92. The Kier molecular flexibility index (Phi) is 6.42. The van der Waals surface area contributed by atoms with Gasteiger partial charge in [0.25, 0.3) is 5.91 Å². The predicted molar refractivity (Wildman–Crippen MR) is 69.3 cm³/mol. The zero-order valence-corrected chi connectivity index (χ0v) is 10.5. The second kappa shape index (κ2) is 7.86. The minimum Gasteiger partial charge on any atom is -0.394 e. The van der Waals surface area contributed by atoms with E-state index in [1.807, 2.05) is 0 Å². The molecule has 0 saturated carbocycles. The monoisotopic (exact) mass is 269 g/mol. The second-order valence-electron chi connectivity index (χ2n) is 3.59. The van der Waals surface area contributed by atoms with E-state index in [1.54, 1.807) is 30.3 Å². The van der Waals surface area contributed by atoms with Crippen molar-refractivity contribution in [1.29, 1.82) is 0 Å². The molecule has 0 aliphatic carbocycles. The third-order valence-electron chi connectivity index (χ3n) is 2.04. The normalized spacial score (nSPS) is 11.9. The summed E-state index contributed by atoms with van der Waals surface area (Å²) in [6.07, 6.45) is -0.840. The largest absolute Gasteiger partial charge is 0.394 e. The molecule has 1 rings (SSSR count). The maximum absolute atomic E-state index is 11.6. The molecule has 1 aromatic rings. The summed E-state index contributed by atoms with van der Waals surface area (Å²) in [7, 11) is 0. The van der Waals surface area contributed by atoms with Gasteiger partial charge in [-0.2, -0.15) is 0 Å². The standard InChI is InChI=1S/C12H15NO4S/c14-6-10(15)7-18-8-11(16)13-12(17)9-4-2-1-3-5-9/h1-5,10,14-15H,6-8H2,(H,13,16,17). The van der Waals surface area contributed by atoms with Crippen LogP contribution >= 0.6 is 11.8 Å². The third kappa shape index (κ3) is 5.31. The first-order valence-electron chi connectivity index (χ1n) is 5.39. The lowest BCUT2D eigenvalue weighted by Gasteiger charge is -2.06. The number of carbonyl (C=O) groups is 2. The van der Waals surface area contributed by atoms with Crippen LogP contribution in [0.5, 0.6) is 0 Å². The molecule has 0 aliphatic heterocycles. The molecule has 0 saturated heterocycles. The first-order valence-corrected chi connectivity index (χ1v) is 6.55. The molecule has 2 amide bonds. The van der Waals surface area contributed by atoms with Gasteiger partial charge in [-0.25, -0.2) is 0 Å². The van der Waals surface area contributed by atoms with E-state index in [-0.39, 0.29) is 18.1 Å². The van der Waals surface area contributed by atoms with Gasteiger partial charge in [-0.3, -0.25) is 14.9 Å². The average Bonchev–Trinajstić information content (AvgIpc) is 2.39. The molecule has 98 valence electrons. The number of benzene rings is 1. The minimum atomic E-state index is -0.840. The predicted octanol–water partition coefficient (Wildman–Crippen LogP) is 0.0294. The van der Waals surface area contributed by atoms with E-state index in [0.29, 0.717) is 5.56 Å². The topological polar surface area (TPSA) is 86.6 Å². The van der Waals surface area contributed by atoms with E-state index in [2.05, 4.69) is 5.32 Å². The molecule has 0 bridgehead atoms. The van der Waals surface area contributed by atoms with Gasteiger partial charge in [-0.05, 0) is 12.1 Å². The Morgan fingerprint density at radius 2 is 1.94 bits per heavy atom. The van der Waals surface area contributed by atoms with Crippen LogP contribution in [0, 0.1) is 0 Å². The number of carbonyl (C=O) groups excluding carboxylic acids is 2. The van der Waals surface area contributed by atoms with E-state index in [1.165, 1.54) is 0 Å². The zero-order chi connectivity index (χ0) is 13.4. The minimum absolute atomic E-state index is 0.0651. The molecule has 0 fully saturated rings. The molecule has 1 aromatic carbocycles. The Bertz CT molecular complexity index is 396. The van der Waals surface area contributed by atoms with Crippen molar-refractivity contribution in [3.05, 3.63) is 35.9 Å². The van der Waals surface area contributed by atoms with Crippen LogP contribution in [0.3, 0.4) is 0 Å². The average molecular weight is 269 g/mol. The van der Waals surface area contributed by atoms with Crippen LogP contribution in [0.1, 0.15) is 10.4 Å². The fourth-order valence-electron chi connectivity index (χ4n) is 1.16. The van der Waals surface area contributed by atoms with Crippen LogP contribution in [0.25, 0.3) is 0 Å². The van der Waals surface area contributed by atoms with Crippen LogP contribution in [0.4, 0.5) is 0 Å². The summed E-state index contributed by atoms with van der Waals surface area (Å²) < 4.78 is 0. The maximum Gasteiger partial charge on any atom is 0.257 e. The molecule has 0 radical (unpaired) electrons. The van der Waals surface area contributed by atoms with Gasteiger partial charge in [-0.15, -0.1) is 11.8 Å². The van der Waals surface area contributed by atoms with E-state index in [4.69, 9.17) is 10.2 Å². The smallest absolute Gasteiger partial charge is 0.257 e. The van der Waals surface area contributed by atoms with Gasteiger partial charge in [0.05, 0.1) is 18.5 Å². The SMILES string of the molecule is O=C(CSCC(O)CO)NC(=O)c1ccccc1. The molecule has 0 aromatic heterocycles. The molecule has 0 spiro atoms. The third-order valence-corrected chi connectivity index (χ3v) is 3.13. The summed E-state index contributed by atoms with van der Waals surface area (Å²) in [4.78, 5) is 23.0. The van der Waals surface area contributed by atoms with Crippen molar-refractivity contribution >= 4 is 23.6 Å². The molecule has 0 aliphatic rings. The van der Waals surface area contributed by atoms with Gasteiger partial charge in [0.15, 0.2) is 0 Å². The molecule has 3 N–H and O–H groups in total. The Morgan fingerprint density at radius 3 is 2.56 bits per heavy atom. The highest BCUT2D eigenvalue weighted by atomic mass is 32.2. The lowest BCUT2D eigenvalue weighted by atomic mass is 10.2. The van der Waals surface area contributed by atoms with Crippen molar-refractivity contribution in [2.75, 3.05) is 18.1 Å². The number of hydrogen-bond donors (Lipinski definition) is 3. The Morgan fingerprint density at radius 1 is 1.28 bits per heavy atom. The number of aliphatic hydroxyl groups excluding tert-OH is 2. The highest BCUT2D eigenvalue weighted by Crippen LogP contribution is 2.03. The van der Waals surface area contributed by atoms with Crippen molar-refractivity contribution in [3.8, 4) is 0 Å². The highest BCUT2D eigenvalue weighted by molar-refractivity contribution is 7.99. The van der Waals surface area contributed by atoms with Crippen molar-refractivity contribution in [2.24, 2.45) is 0 Å². The van der Waals surface area contributed by atoms with Gasteiger partial charge in [-0.1, -0.05) is 18.2 Å². The zero-order valence-electron chi connectivity index (χ0n) is 9.70. The van der Waals surface area contributed by atoms with Crippen molar-refractivity contribution < 1.29 is 19.8 Å². The van der Waals surface area contributed by atoms with Crippen LogP contribution in [-0.2, 0) is 4.79 Å². The van der Waals surface area contributed by atoms with Crippen molar-refractivity contribution in [2.45, 2.75) is 6.10 Å². The van der Waals surface area contributed by atoms with Gasteiger partial charge in [0.2, 0.25) is 5.91 Å². The fraction of sp³-hybridized carbons (Fsp3) is 0.333. The number of rotatable bonds is 6. The Labute approximate surface area is 109 Å². The molecule has 6 heteroatoms. The number of aliphatic hydroxyl groups is 2. The highest BCUT2D eigenvalue weighted by Gasteiger charge is 2.10. The first-order chi connectivity index (χ1) is 8.63. The Balaban J connectivity index is 2.30. The van der Waals surface area contributed by atoms with Crippen LogP contribution in [-0.4, -0.2) is 46.2 Å². The molecular formula is C12H15NO4S. The second-order valence-corrected chi connectivity index (χ2v) is 4.63. The molecule has 18 heavy (non-hydrogen) atoms. The van der Waals surface area contributed by atoms with Crippen molar-refractivity contribution in [1.82, 2.24) is 5.32 Å². The van der Waals surface area contributed by atoms with E-state index in [9.17, 15) is 9.59 Å². The summed E-state index contributed by atoms with van der Waals surface area (Å²) in [5.41, 5.74) is 0.422. The molecule has 5 nitrogen and oxygen atoms in total. The summed E-state index contributed by atoms with van der Waals surface area (Å²) in [6.45, 7) is -0.336. The molecular weight excluding hydrogens is 254 g/mol. The molecule has 1 atom stereocenters. The summed E-state index contributed by atoms with van der Waals surface area (Å²) in [5.74, 6) is -0.540. The first kappa shape index (κ1) is 14.7. The van der Waals surface area contributed by atoms with Crippen LogP contribution in [0.15, 0.2) is 30.3 Å². The van der Waals surface area contributed by atoms with Gasteiger partial charge in [0, 0.05) is 11.3 Å². The summed E-state index contributed by atoms with van der Waals surface area (Å²) in [6, 6.07) is 8.44. The number of nitrogens with one attached hydrogen (secondary N) is 1. The number of imide groups is 1. The molecule has 0 heterocycles. The number of thioether (sulfide) groups is 1. The maximum atomic E-state index is 11.6. The summed E-state index contributed by atoms with van der Waals surface area (Å²) in [5, 5.41) is 19.9. The Hall–Kier alpha value is -1.37. The molecule has 1 unspecified atom stereocenters. The van der Waals surface area contributed by atoms with Gasteiger partial charge in [0.1, 0.15) is 0 Å². The lowest BCUT2D eigenvalue weighted by molar-refractivity contribution is -0.117. The number of hydrogen-bond acceptors (Lipinski definition) is 5. The van der Waals surface area contributed by atoms with E-state index >= 15 is 0 Å². The van der Waals surface area contributed by atoms with Crippen molar-refractivity contribution in [3.63, 3.8) is 0 Å².